The number of fused-ring (bicyclic) bond motifs is 1. The van der Waals surface area contributed by atoms with Crippen LogP contribution >= 0.6 is 0 Å². The summed E-state index contributed by atoms with van der Waals surface area (Å²) in [5.74, 6) is 3.64. The summed E-state index contributed by atoms with van der Waals surface area (Å²) in [7, 11) is 1.71. The van der Waals surface area contributed by atoms with Crippen molar-refractivity contribution < 1.29 is 4.74 Å². The zero-order chi connectivity index (χ0) is 15.4. The van der Waals surface area contributed by atoms with Crippen molar-refractivity contribution in [2.24, 2.45) is 17.3 Å². The first kappa shape index (κ1) is 14.8. The highest BCUT2D eigenvalue weighted by Crippen LogP contribution is 2.62. The lowest BCUT2D eigenvalue weighted by Gasteiger charge is -2.26. The number of aromatic nitrogens is 2. The fourth-order valence-corrected chi connectivity index (χ4v) is 3.52. The molecule has 1 aliphatic carbocycles. The fraction of sp³-hybridized carbons (Fsp3) is 0.765. The normalized spacial score (nSPS) is 26.9. The van der Waals surface area contributed by atoms with Crippen molar-refractivity contribution >= 4 is 5.82 Å². The standard InChI is InChI=1S/C17H27N3O/c1-16(2,3)15-18-11(10-21-6)7-14(19-15)20-8-12-13(9-20)17(12,4)5/h7,12-13H,8-10H2,1-6H3. The largest absolute Gasteiger partial charge is 0.378 e. The molecule has 2 unspecified atom stereocenters. The molecule has 2 heterocycles. The van der Waals surface area contributed by atoms with E-state index in [9.17, 15) is 0 Å². The first-order chi connectivity index (χ1) is 9.73. The van der Waals surface area contributed by atoms with Crippen LogP contribution in [0.3, 0.4) is 0 Å². The number of ether oxygens (including phenoxy) is 1. The summed E-state index contributed by atoms with van der Waals surface area (Å²) in [6, 6.07) is 2.09. The average molecular weight is 289 g/mol. The van der Waals surface area contributed by atoms with Crippen LogP contribution in [0.15, 0.2) is 6.07 Å². The van der Waals surface area contributed by atoms with Crippen molar-refractivity contribution in [3.63, 3.8) is 0 Å². The number of methoxy groups -OCH3 is 1. The van der Waals surface area contributed by atoms with Gasteiger partial charge in [0.25, 0.3) is 0 Å². The number of nitrogens with zero attached hydrogens (tertiary/aromatic N) is 3. The van der Waals surface area contributed by atoms with Gasteiger partial charge in [-0.3, -0.25) is 0 Å². The number of hydrogen-bond acceptors (Lipinski definition) is 4. The topological polar surface area (TPSA) is 38.2 Å². The molecular formula is C17H27N3O. The summed E-state index contributed by atoms with van der Waals surface area (Å²) in [5.41, 5.74) is 1.47. The fourth-order valence-electron chi connectivity index (χ4n) is 3.52. The van der Waals surface area contributed by atoms with E-state index in [-0.39, 0.29) is 5.41 Å². The Kier molecular flexibility index (Phi) is 3.28. The SMILES string of the molecule is COCc1cc(N2CC3C(C2)C3(C)C)nc(C(C)(C)C)n1. The minimum atomic E-state index is -0.0413. The van der Waals surface area contributed by atoms with Gasteiger partial charge in [-0.25, -0.2) is 9.97 Å². The molecule has 0 bridgehead atoms. The van der Waals surface area contributed by atoms with Crippen LogP contribution in [0.1, 0.15) is 46.1 Å². The molecule has 4 nitrogen and oxygen atoms in total. The van der Waals surface area contributed by atoms with E-state index in [1.54, 1.807) is 7.11 Å². The van der Waals surface area contributed by atoms with Crippen LogP contribution in [0.5, 0.6) is 0 Å². The highest BCUT2D eigenvalue weighted by molar-refractivity contribution is 5.44. The van der Waals surface area contributed by atoms with E-state index in [1.807, 2.05) is 0 Å². The van der Waals surface area contributed by atoms with Crippen molar-refractivity contribution in [3.8, 4) is 0 Å². The summed E-state index contributed by atoms with van der Waals surface area (Å²) in [6.07, 6.45) is 0. The highest BCUT2D eigenvalue weighted by Gasteiger charge is 2.62. The van der Waals surface area contributed by atoms with Gasteiger partial charge < -0.3 is 9.64 Å². The molecule has 0 spiro atoms. The molecule has 3 rings (SSSR count). The maximum Gasteiger partial charge on any atom is 0.136 e. The van der Waals surface area contributed by atoms with Crippen LogP contribution in [0.25, 0.3) is 0 Å². The maximum absolute atomic E-state index is 5.27. The molecule has 116 valence electrons. The van der Waals surface area contributed by atoms with E-state index in [0.29, 0.717) is 12.0 Å². The van der Waals surface area contributed by atoms with Gasteiger partial charge in [0.1, 0.15) is 11.6 Å². The van der Waals surface area contributed by atoms with Crippen LogP contribution in [0.4, 0.5) is 5.82 Å². The summed E-state index contributed by atoms with van der Waals surface area (Å²) in [4.78, 5) is 11.9. The van der Waals surface area contributed by atoms with E-state index in [1.165, 1.54) is 0 Å². The predicted octanol–water partition coefficient (Wildman–Crippen LogP) is 3.01. The van der Waals surface area contributed by atoms with E-state index >= 15 is 0 Å². The number of rotatable bonds is 3. The van der Waals surface area contributed by atoms with Gasteiger partial charge >= 0.3 is 0 Å². The summed E-state index contributed by atoms with van der Waals surface area (Å²) < 4.78 is 5.27. The maximum atomic E-state index is 5.27. The van der Waals surface area contributed by atoms with Gasteiger partial charge in [0.05, 0.1) is 12.3 Å². The molecule has 21 heavy (non-hydrogen) atoms. The molecule has 2 atom stereocenters. The molecular weight excluding hydrogens is 262 g/mol. The summed E-state index contributed by atoms with van der Waals surface area (Å²) in [5, 5.41) is 0. The zero-order valence-electron chi connectivity index (χ0n) is 14.1. The monoisotopic (exact) mass is 289 g/mol. The zero-order valence-corrected chi connectivity index (χ0v) is 14.1. The molecule has 1 aromatic heterocycles. The smallest absolute Gasteiger partial charge is 0.136 e. The number of anilines is 1. The van der Waals surface area contributed by atoms with Gasteiger partial charge in [-0.2, -0.15) is 0 Å². The van der Waals surface area contributed by atoms with E-state index in [0.717, 1.165) is 42.3 Å². The Labute approximate surface area is 127 Å². The lowest BCUT2D eigenvalue weighted by atomic mass is 9.95. The quantitative estimate of drug-likeness (QED) is 0.857. The second-order valence-electron chi connectivity index (χ2n) is 8.16. The molecule has 1 aromatic rings. The van der Waals surface area contributed by atoms with Gasteiger partial charge in [-0.15, -0.1) is 0 Å². The molecule has 1 saturated heterocycles. The molecule has 0 radical (unpaired) electrons. The lowest BCUT2D eigenvalue weighted by molar-refractivity contribution is 0.181. The molecule has 0 N–H and O–H groups in total. The average Bonchev–Trinajstić information content (AvgIpc) is 2.79. The number of hydrogen-bond donors (Lipinski definition) is 0. The first-order valence-corrected chi connectivity index (χ1v) is 7.86. The molecule has 1 saturated carbocycles. The summed E-state index contributed by atoms with van der Waals surface area (Å²) in [6.45, 7) is 14.1. The van der Waals surface area contributed by atoms with Crippen molar-refractivity contribution in [2.45, 2.75) is 46.6 Å². The lowest BCUT2D eigenvalue weighted by Crippen LogP contribution is -2.29. The Balaban J connectivity index is 1.87. The molecule has 1 aliphatic heterocycles. The van der Waals surface area contributed by atoms with Crippen LogP contribution in [-0.4, -0.2) is 30.2 Å². The molecule has 4 heteroatoms. The second-order valence-corrected chi connectivity index (χ2v) is 8.16. The van der Waals surface area contributed by atoms with Crippen molar-refractivity contribution in [1.29, 1.82) is 0 Å². The van der Waals surface area contributed by atoms with Gasteiger partial charge in [-0.1, -0.05) is 34.6 Å². The second kappa shape index (κ2) is 4.67. The van der Waals surface area contributed by atoms with Crippen molar-refractivity contribution in [1.82, 2.24) is 9.97 Å². The number of piperidine rings is 1. The molecule has 2 aliphatic rings. The van der Waals surface area contributed by atoms with E-state index in [2.05, 4.69) is 50.6 Å². The highest BCUT2D eigenvalue weighted by atomic mass is 16.5. The third kappa shape index (κ3) is 2.54. The van der Waals surface area contributed by atoms with E-state index in [4.69, 9.17) is 9.72 Å². The van der Waals surface area contributed by atoms with Gasteiger partial charge in [0.15, 0.2) is 0 Å². The Morgan fingerprint density at radius 2 is 1.86 bits per heavy atom. The third-order valence-corrected chi connectivity index (χ3v) is 5.17. The molecule has 0 amide bonds. The van der Waals surface area contributed by atoms with Crippen LogP contribution in [0, 0.1) is 17.3 Å². The van der Waals surface area contributed by atoms with Crippen molar-refractivity contribution in [2.75, 3.05) is 25.1 Å². The van der Waals surface area contributed by atoms with Gasteiger partial charge in [0.2, 0.25) is 0 Å². The van der Waals surface area contributed by atoms with Crippen LogP contribution in [0.2, 0.25) is 0 Å². The van der Waals surface area contributed by atoms with Crippen molar-refractivity contribution in [3.05, 3.63) is 17.6 Å². The van der Waals surface area contributed by atoms with Crippen LogP contribution < -0.4 is 4.90 Å². The third-order valence-electron chi connectivity index (χ3n) is 5.17. The Bertz CT molecular complexity index is 533. The Hall–Kier alpha value is -1.16. The van der Waals surface area contributed by atoms with E-state index < -0.39 is 0 Å². The summed E-state index contributed by atoms with van der Waals surface area (Å²) >= 11 is 0. The first-order valence-electron chi connectivity index (χ1n) is 7.86. The minimum Gasteiger partial charge on any atom is -0.378 e. The van der Waals surface area contributed by atoms with Gasteiger partial charge in [-0.05, 0) is 17.3 Å². The predicted molar refractivity (Wildman–Crippen MR) is 84.4 cm³/mol. The Morgan fingerprint density at radius 3 is 2.38 bits per heavy atom. The Morgan fingerprint density at radius 1 is 1.24 bits per heavy atom. The minimum absolute atomic E-state index is 0.0413. The van der Waals surface area contributed by atoms with Crippen LogP contribution in [-0.2, 0) is 16.8 Å². The van der Waals surface area contributed by atoms with Gasteiger partial charge in [0, 0.05) is 31.7 Å². The molecule has 0 aromatic carbocycles. The molecule has 2 fully saturated rings.